The van der Waals surface area contributed by atoms with Gasteiger partial charge in [0.25, 0.3) is 5.91 Å². The van der Waals surface area contributed by atoms with Gasteiger partial charge in [0.2, 0.25) is 0 Å². The number of carboxylic acids is 1. The van der Waals surface area contributed by atoms with Gasteiger partial charge in [0, 0.05) is 17.5 Å². The predicted octanol–water partition coefficient (Wildman–Crippen LogP) is 3.32. The second kappa shape index (κ2) is 6.02. The van der Waals surface area contributed by atoms with E-state index in [1.54, 1.807) is 0 Å². The number of carbonyl (C=O) groups is 2. The second-order valence-electron chi connectivity index (χ2n) is 6.03. The Morgan fingerprint density at radius 2 is 2.14 bits per heavy atom. The van der Waals surface area contributed by atoms with Crippen LogP contribution in [0.1, 0.15) is 46.8 Å². The Kier molecular flexibility index (Phi) is 4.52. The van der Waals surface area contributed by atoms with Gasteiger partial charge in [-0.05, 0) is 48.8 Å². The molecule has 1 aromatic heterocycles. The van der Waals surface area contributed by atoms with Gasteiger partial charge >= 0.3 is 5.97 Å². The zero-order chi connectivity index (χ0) is 15.6. The van der Waals surface area contributed by atoms with E-state index in [-0.39, 0.29) is 11.3 Å². The quantitative estimate of drug-likeness (QED) is 0.792. The Morgan fingerprint density at radius 3 is 2.67 bits per heavy atom. The number of amides is 1. The molecule has 0 radical (unpaired) electrons. The van der Waals surface area contributed by atoms with Crippen molar-refractivity contribution in [2.24, 2.45) is 11.3 Å². The molecule has 0 unspecified atom stereocenters. The topological polar surface area (TPSA) is 66.4 Å². The standard InChI is InChI=1S/C16H21NO3S/c1-10(2)16(6-7-16)9-17-15(20)13-8-11(3)12(21-13)4-5-14(18)19/h4-5,8,10H,6-7,9H2,1-3H3,(H,17,20)(H,18,19)/b5-4+. The minimum Gasteiger partial charge on any atom is -0.478 e. The molecule has 1 fully saturated rings. The normalized spacial score (nSPS) is 16.4. The molecule has 1 aliphatic carbocycles. The van der Waals surface area contributed by atoms with E-state index in [0.29, 0.717) is 10.8 Å². The van der Waals surface area contributed by atoms with Crippen molar-refractivity contribution in [2.45, 2.75) is 33.6 Å². The molecule has 1 aromatic rings. The van der Waals surface area contributed by atoms with Crippen LogP contribution >= 0.6 is 11.3 Å². The zero-order valence-corrected chi connectivity index (χ0v) is 13.4. The van der Waals surface area contributed by atoms with E-state index in [4.69, 9.17) is 5.11 Å². The number of aryl methyl sites for hydroxylation is 1. The lowest BCUT2D eigenvalue weighted by Crippen LogP contribution is -2.32. The highest BCUT2D eigenvalue weighted by atomic mass is 32.1. The Hall–Kier alpha value is -1.62. The Morgan fingerprint density at radius 1 is 1.48 bits per heavy atom. The van der Waals surface area contributed by atoms with Crippen LogP contribution in [0.5, 0.6) is 0 Å². The lowest BCUT2D eigenvalue weighted by molar-refractivity contribution is -0.131. The molecule has 0 aromatic carbocycles. The van der Waals surface area contributed by atoms with Crippen LogP contribution < -0.4 is 5.32 Å². The largest absolute Gasteiger partial charge is 0.478 e. The summed E-state index contributed by atoms with van der Waals surface area (Å²) in [5, 5.41) is 11.7. The summed E-state index contributed by atoms with van der Waals surface area (Å²) in [4.78, 5) is 24.2. The van der Waals surface area contributed by atoms with Crippen molar-refractivity contribution in [1.82, 2.24) is 5.32 Å². The molecular formula is C16H21NO3S. The van der Waals surface area contributed by atoms with Gasteiger partial charge in [-0.1, -0.05) is 13.8 Å². The minimum absolute atomic E-state index is 0.0648. The number of aliphatic carboxylic acids is 1. The van der Waals surface area contributed by atoms with Crippen molar-refractivity contribution in [2.75, 3.05) is 6.54 Å². The third-order valence-corrected chi connectivity index (χ3v) is 5.48. The molecule has 2 N–H and O–H groups in total. The van der Waals surface area contributed by atoms with E-state index in [2.05, 4.69) is 19.2 Å². The summed E-state index contributed by atoms with van der Waals surface area (Å²) in [5.41, 5.74) is 1.21. The predicted molar refractivity (Wildman–Crippen MR) is 84.6 cm³/mol. The summed E-state index contributed by atoms with van der Waals surface area (Å²) in [7, 11) is 0. The number of hydrogen-bond acceptors (Lipinski definition) is 3. The van der Waals surface area contributed by atoms with Gasteiger partial charge in [0.05, 0.1) is 4.88 Å². The fourth-order valence-corrected chi connectivity index (χ4v) is 3.38. The van der Waals surface area contributed by atoms with Crippen LogP contribution in [0.3, 0.4) is 0 Å². The molecule has 1 aliphatic rings. The maximum atomic E-state index is 12.2. The molecular weight excluding hydrogens is 286 g/mol. The van der Waals surface area contributed by atoms with E-state index in [0.717, 1.165) is 23.1 Å². The van der Waals surface area contributed by atoms with Crippen molar-refractivity contribution in [3.8, 4) is 0 Å². The molecule has 0 atom stereocenters. The summed E-state index contributed by atoms with van der Waals surface area (Å²) in [5.74, 6) is -0.469. The van der Waals surface area contributed by atoms with Gasteiger partial charge in [-0.3, -0.25) is 4.79 Å². The van der Waals surface area contributed by atoms with Crippen LogP contribution in [0.4, 0.5) is 0 Å². The van der Waals surface area contributed by atoms with Gasteiger partial charge in [-0.25, -0.2) is 4.79 Å². The Bertz CT molecular complexity index is 582. The van der Waals surface area contributed by atoms with Crippen LogP contribution in [-0.2, 0) is 4.79 Å². The number of hydrogen-bond donors (Lipinski definition) is 2. The van der Waals surface area contributed by atoms with Crippen molar-refractivity contribution in [1.29, 1.82) is 0 Å². The average Bonchev–Trinajstić information content (AvgIpc) is 3.12. The SMILES string of the molecule is Cc1cc(C(=O)NCC2(C(C)C)CC2)sc1/C=C/C(=O)O. The molecule has 1 saturated carbocycles. The summed E-state index contributed by atoms with van der Waals surface area (Å²) in [6, 6.07) is 1.82. The summed E-state index contributed by atoms with van der Waals surface area (Å²) in [6.45, 7) is 7.00. The number of rotatable bonds is 6. The number of carboxylic acid groups (broad SMARTS) is 1. The first-order valence-corrected chi connectivity index (χ1v) is 7.95. The molecule has 21 heavy (non-hydrogen) atoms. The van der Waals surface area contributed by atoms with E-state index >= 15 is 0 Å². The van der Waals surface area contributed by atoms with E-state index < -0.39 is 5.97 Å². The van der Waals surface area contributed by atoms with Crippen LogP contribution in [0.25, 0.3) is 6.08 Å². The molecule has 0 bridgehead atoms. The first kappa shape index (κ1) is 15.8. The number of nitrogens with one attached hydrogen (secondary N) is 1. The highest BCUT2D eigenvalue weighted by Gasteiger charge is 2.45. The van der Waals surface area contributed by atoms with Crippen LogP contribution in [-0.4, -0.2) is 23.5 Å². The second-order valence-corrected chi connectivity index (χ2v) is 7.11. The third-order valence-electron chi connectivity index (χ3n) is 4.28. The lowest BCUT2D eigenvalue weighted by atomic mass is 9.92. The number of thiophene rings is 1. The average molecular weight is 307 g/mol. The van der Waals surface area contributed by atoms with Gasteiger partial charge in [0.1, 0.15) is 0 Å². The van der Waals surface area contributed by atoms with Crippen LogP contribution in [0.15, 0.2) is 12.1 Å². The summed E-state index contributed by atoms with van der Waals surface area (Å²) in [6.07, 6.45) is 5.00. The third kappa shape index (κ3) is 3.73. The Labute approximate surface area is 128 Å². The van der Waals surface area contributed by atoms with Gasteiger partial charge in [-0.15, -0.1) is 11.3 Å². The monoisotopic (exact) mass is 307 g/mol. The molecule has 0 aliphatic heterocycles. The van der Waals surface area contributed by atoms with Gasteiger partial charge < -0.3 is 10.4 Å². The molecule has 2 rings (SSSR count). The van der Waals surface area contributed by atoms with Crippen molar-refractivity contribution >= 4 is 29.3 Å². The molecule has 1 heterocycles. The maximum Gasteiger partial charge on any atom is 0.328 e. The highest BCUT2D eigenvalue weighted by Crippen LogP contribution is 2.51. The number of carbonyl (C=O) groups excluding carboxylic acids is 1. The highest BCUT2D eigenvalue weighted by molar-refractivity contribution is 7.15. The molecule has 0 saturated heterocycles. The summed E-state index contributed by atoms with van der Waals surface area (Å²) < 4.78 is 0. The van der Waals surface area contributed by atoms with Crippen molar-refractivity contribution < 1.29 is 14.7 Å². The van der Waals surface area contributed by atoms with E-state index in [9.17, 15) is 9.59 Å². The van der Waals surface area contributed by atoms with Crippen LogP contribution in [0.2, 0.25) is 0 Å². The molecule has 4 nitrogen and oxygen atoms in total. The van der Waals surface area contributed by atoms with E-state index in [1.807, 2.05) is 13.0 Å². The van der Waals surface area contributed by atoms with Crippen molar-refractivity contribution in [3.05, 3.63) is 27.5 Å². The zero-order valence-electron chi connectivity index (χ0n) is 12.6. The van der Waals surface area contributed by atoms with Gasteiger partial charge in [-0.2, -0.15) is 0 Å². The first-order chi connectivity index (χ1) is 9.84. The minimum atomic E-state index is -0.985. The molecule has 0 spiro atoms. The van der Waals surface area contributed by atoms with E-state index in [1.165, 1.54) is 30.3 Å². The first-order valence-electron chi connectivity index (χ1n) is 7.14. The van der Waals surface area contributed by atoms with Gasteiger partial charge in [0.15, 0.2) is 0 Å². The molecule has 1 amide bonds. The smallest absolute Gasteiger partial charge is 0.328 e. The maximum absolute atomic E-state index is 12.2. The summed E-state index contributed by atoms with van der Waals surface area (Å²) >= 11 is 1.33. The van der Waals surface area contributed by atoms with Crippen molar-refractivity contribution in [3.63, 3.8) is 0 Å². The fraction of sp³-hybridized carbons (Fsp3) is 0.500. The van der Waals surface area contributed by atoms with Crippen LogP contribution in [0, 0.1) is 18.3 Å². The fourth-order valence-electron chi connectivity index (χ4n) is 2.38. The molecule has 5 heteroatoms. The molecule has 114 valence electrons. The Balaban J connectivity index is 2.00. The lowest BCUT2D eigenvalue weighted by Gasteiger charge is -2.19.